The summed E-state index contributed by atoms with van der Waals surface area (Å²) >= 11 is 0. The normalized spacial score (nSPS) is 32.5. The lowest BCUT2D eigenvalue weighted by Crippen LogP contribution is -2.58. The van der Waals surface area contributed by atoms with Crippen molar-refractivity contribution in [2.24, 2.45) is 5.73 Å². The number of piperazine rings is 1. The molecule has 2 N–H and O–H groups in total. The second-order valence-corrected chi connectivity index (χ2v) is 6.11. The van der Waals surface area contributed by atoms with Crippen LogP contribution in [-0.2, 0) is 12.0 Å². The first-order chi connectivity index (χ1) is 9.15. The molecule has 0 aromatic heterocycles. The van der Waals surface area contributed by atoms with E-state index in [1.165, 1.54) is 11.1 Å². The van der Waals surface area contributed by atoms with Crippen molar-refractivity contribution in [1.82, 2.24) is 9.80 Å². The number of fused-ring (bicyclic) bond motifs is 1. The van der Waals surface area contributed by atoms with Crippen LogP contribution in [0.25, 0.3) is 0 Å². The number of hydrogen-bond donors (Lipinski definition) is 1. The van der Waals surface area contributed by atoms with Gasteiger partial charge in [0.25, 0.3) is 0 Å². The van der Waals surface area contributed by atoms with E-state index >= 15 is 0 Å². The van der Waals surface area contributed by atoms with Crippen molar-refractivity contribution < 1.29 is 0 Å². The standard InChI is InChI=1S/C16H25N3/c1-3-16(17)14-7-5-4-6-13(14)12-15(16)19-10-8-18(2)9-11-19/h4-7,15H,3,8-12,17H2,1-2H3. The minimum absolute atomic E-state index is 0.160. The van der Waals surface area contributed by atoms with Crippen LogP contribution in [0.15, 0.2) is 24.3 Å². The molecule has 1 saturated heterocycles. The number of likely N-dealkylation sites (N-methyl/N-ethyl adjacent to an activating group) is 1. The van der Waals surface area contributed by atoms with Gasteiger partial charge in [-0.05, 0) is 31.0 Å². The van der Waals surface area contributed by atoms with Crippen molar-refractivity contribution in [2.75, 3.05) is 33.2 Å². The fourth-order valence-electron chi connectivity index (χ4n) is 3.74. The molecule has 104 valence electrons. The Hall–Kier alpha value is -0.900. The summed E-state index contributed by atoms with van der Waals surface area (Å²) in [5.74, 6) is 0. The molecule has 3 heteroatoms. The Morgan fingerprint density at radius 3 is 2.58 bits per heavy atom. The third kappa shape index (κ3) is 2.10. The fourth-order valence-corrected chi connectivity index (χ4v) is 3.74. The van der Waals surface area contributed by atoms with E-state index in [0.29, 0.717) is 6.04 Å². The molecule has 3 nitrogen and oxygen atoms in total. The molecule has 0 amide bonds. The third-order valence-electron chi connectivity index (χ3n) is 5.09. The molecule has 1 aliphatic heterocycles. The van der Waals surface area contributed by atoms with Crippen LogP contribution in [0, 0.1) is 0 Å². The smallest absolute Gasteiger partial charge is 0.0570 e. The van der Waals surface area contributed by atoms with Crippen molar-refractivity contribution in [3.8, 4) is 0 Å². The Balaban J connectivity index is 1.88. The molecule has 3 rings (SSSR count). The number of nitrogens with zero attached hydrogens (tertiary/aromatic N) is 2. The largest absolute Gasteiger partial charge is 0.320 e. The zero-order valence-corrected chi connectivity index (χ0v) is 12.1. The Morgan fingerprint density at radius 1 is 1.21 bits per heavy atom. The molecule has 2 atom stereocenters. The molecule has 1 aliphatic carbocycles. The molecular formula is C16H25N3. The number of rotatable bonds is 2. The molecule has 0 bridgehead atoms. The molecule has 1 heterocycles. The van der Waals surface area contributed by atoms with Crippen LogP contribution in [0.2, 0.25) is 0 Å². The van der Waals surface area contributed by atoms with Crippen molar-refractivity contribution in [3.05, 3.63) is 35.4 Å². The maximum Gasteiger partial charge on any atom is 0.0570 e. The first-order valence-corrected chi connectivity index (χ1v) is 7.45. The van der Waals surface area contributed by atoms with Crippen LogP contribution in [-0.4, -0.2) is 49.1 Å². The van der Waals surface area contributed by atoms with Gasteiger partial charge in [-0.25, -0.2) is 0 Å². The highest BCUT2D eigenvalue weighted by Crippen LogP contribution is 2.40. The van der Waals surface area contributed by atoms with E-state index < -0.39 is 0 Å². The topological polar surface area (TPSA) is 32.5 Å². The highest BCUT2D eigenvalue weighted by molar-refractivity contribution is 5.41. The average Bonchev–Trinajstić information content (AvgIpc) is 2.74. The van der Waals surface area contributed by atoms with E-state index in [1.807, 2.05) is 0 Å². The van der Waals surface area contributed by atoms with Crippen molar-refractivity contribution in [1.29, 1.82) is 0 Å². The number of benzene rings is 1. The fraction of sp³-hybridized carbons (Fsp3) is 0.625. The third-order valence-corrected chi connectivity index (χ3v) is 5.09. The quantitative estimate of drug-likeness (QED) is 0.872. The average molecular weight is 259 g/mol. The van der Waals surface area contributed by atoms with Gasteiger partial charge in [0.05, 0.1) is 5.54 Å². The van der Waals surface area contributed by atoms with Gasteiger partial charge in [-0.1, -0.05) is 31.2 Å². The Labute approximate surface area is 116 Å². The molecule has 1 aromatic rings. The predicted octanol–water partition coefficient (Wildman–Crippen LogP) is 1.42. The van der Waals surface area contributed by atoms with Crippen molar-refractivity contribution in [3.63, 3.8) is 0 Å². The lowest BCUT2D eigenvalue weighted by molar-refractivity contribution is 0.0731. The summed E-state index contributed by atoms with van der Waals surface area (Å²) in [6.45, 7) is 6.84. The van der Waals surface area contributed by atoms with Crippen LogP contribution in [0.1, 0.15) is 24.5 Å². The zero-order valence-electron chi connectivity index (χ0n) is 12.1. The maximum atomic E-state index is 6.82. The van der Waals surface area contributed by atoms with Crippen LogP contribution >= 0.6 is 0 Å². The van der Waals surface area contributed by atoms with Crippen LogP contribution in [0.5, 0.6) is 0 Å². The Kier molecular flexibility index (Phi) is 3.37. The molecule has 0 radical (unpaired) electrons. The van der Waals surface area contributed by atoms with Crippen molar-refractivity contribution in [2.45, 2.75) is 31.3 Å². The predicted molar refractivity (Wildman–Crippen MR) is 79.2 cm³/mol. The van der Waals surface area contributed by atoms with Gasteiger partial charge < -0.3 is 10.6 Å². The first-order valence-electron chi connectivity index (χ1n) is 7.45. The van der Waals surface area contributed by atoms with Gasteiger partial charge in [-0.3, -0.25) is 4.90 Å². The second kappa shape index (κ2) is 4.89. The summed E-state index contributed by atoms with van der Waals surface area (Å²) in [5.41, 5.74) is 9.49. The number of nitrogens with two attached hydrogens (primary N) is 1. The molecule has 1 fully saturated rings. The monoisotopic (exact) mass is 259 g/mol. The zero-order chi connectivity index (χ0) is 13.5. The summed E-state index contributed by atoms with van der Waals surface area (Å²) in [6, 6.07) is 9.23. The molecule has 0 spiro atoms. The van der Waals surface area contributed by atoms with Gasteiger partial charge in [-0.2, -0.15) is 0 Å². The highest BCUT2D eigenvalue weighted by Gasteiger charge is 2.45. The summed E-state index contributed by atoms with van der Waals surface area (Å²) < 4.78 is 0. The Morgan fingerprint density at radius 2 is 1.89 bits per heavy atom. The molecule has 2 aliphatic rings. The van der Waals surface area contributed by atoms with Gasteiger partial charge in [-0.15, -0.1) is 0 Å². The summed E-state index contributed by atoms with van der Waals surface area (Å²) in [7, 11) is 2.20. The van der Waals surface area contributed by atoms with Crippen molar-refractivity contribution >= 4 is 0 Å². The van der Waals surface area contributed by atoms with Crippen LogP contribution in [0.4, 0.5) is 0 Å². The minimum atomic E-state index is -0.160. The summed E-state index contributed by atoms with van der Waals surface area (Å²) in [4.78, 5) is 5.02. The Bertz CT molecular complexity index is 451. The van der Waals surface area contributed by atoms with Gasteiger partial charge in [0, 0.05) is 32.2 Å². The summed E-state index contributed by atoms with van der Waals surface area (Å²) in [6.07, 6.45) is 2.13. The van der Waals surface area contributed by atoms with Crippen LogP contribution < -0.4 is 5.73 Å². The van der Waals surface area contributed by atoms with Gasteiger partial charge >= 0.3 is 0 Å². The molecular weight excluding hydrogens is 234 g/mol. The maximum absolute atomic E-state index is 6.82. The number of hydrogen-bond acceptors (Lipinski definition) is 3. The first kappa shape index (κ1) is 13.1. The van der Waals surface area contributed by atoms with Crippen LogP contribution in [0.3, 0.4) is 0 Å². The van der Waals surface area contributed by atoms with Gasteiger partial charge in [0.2, 0.25) is 0 Å². The molecule has 1 aromatic carbocycles. The molecule has 2 unspecified atom stereocenters. The summed E-state index contributed by atoms with van der Waals surface area (Å²) in [5, 5.41) is 0. The van der Waals surface area contributed by atoms with E-state index in [9.17, 15) is 0 Å². The van der Waals surface area contributed by atoms with E-state index in [1.54, 1.807) is 0 Å². The van der Waals surface area contributed by atoms with Gasteiger partial charge in [0.1, 0.15) is 0 Å². The lowest BCUT2D eigenvalue weighted by Gasteiger charge is -2.43. The second-order valence-electron chi connectivity index (χ2n) is 6.11. The molecule has 0 saturated carbocycles. The van der Waals surface area contributed by atoms with E-state index in [-0.39, 0.29) is 5.54 Å². The molecule has 19 heavy (non-hydrogen) atoms. The van der Waals surface area contributed by atoms with E-state index in [2.05, 4.69) is 48.0 Å². The van der Waals surface area contributed by atoms with E-state index in [0.717, 1.165) is 39.0 Å². The van der Waals surface area contributed by atoms with Gasteiger partial charge in [0.15, 0.2) is 0 Å². The lowest BCUT2D eigenvalue weighted by atomic mass is 9.85. The minimum Gasteiger partial charge on any atom is -0.320 e. The highest BCUT2D eigenvalue weighted by atomic mass is 15.3. The van der Waals surface area contributed by atoms with E-state index in [4.69, 9.17) is 5.73 Å². The SMILES string of the molecule is CCC1(N)c2ccccc2CC1N1CCN(C)CC1.